The molecule has 0 aliphatic rings. The normalized spacial score (nSPS) is 10.6. The zero-order valence-corrected chi connectivity index (χ0v) is 10.9. The smallest absolute Gasteiger partial charge is 0.223 e. The third kappa shape index (κ3) is 3.06. The van der Waals surface area contributed by atoms with E-state index in [1.165, 1.54) is 0 Å². The van der Waals surface area contributed by atoms with Gasteiger partial charge in [-0.25, -0.2) is 9.97 Å². The molecule has 2 aromatic rings. The molecule has 2 aromatic heterocycles. The molecule has 0 bridgehead atoms. The summed E-state index contributed by atoms with van der Waals surface area (Å²) in [5.41, 5.74) is 1.94. The van der Waals surface area contributed by atoms with Gasteiger partial charge in [-0.1, -0.05) is 13.8 Å². The summed E-state index contributed by atoms with van der Waals surface area (Å²) >= 11 is 0. The van der Waals surface area contributed by atoms with Crippen LogP contribution in [-0.4, -0.2) is 26.3 Å². The number of anilines is 1. The van der Waals surface area contributed by atoms with Crippen LogP contribution in [0.3, 0.4) is 0 Å². The van der Waals surface area contributed by atoms with Crippen LogP contribution in [0.2, 0.25) is 0 Å². The van der Waals surface area contributed by atoms with Crippen molar-refractivity contribution in [2.75, 3.05) is 11.9 Å². The van der Waals surface area contributed by atoms with Crippen molar-refractivity contribution in [1.29, 1.82) is 0 Å². The highest BCUT2D eigenvalue weighted by atomic mass is 15.3. The standard InChI is InChI=1S/C13H19N5/c1-3-6-14-13-15-7-5-12(17-13)11-9-16-18(10-11)8-4-2/h5,7,9-10H,3-4,6,8H2,1-2H3,(H,14,15,17). The lowest BCUT2D eigenvalue weighted by Crippen LogP contribution is -2.04. The number of nitrogens with one attached hydrogen (secondary N) is 1. The van der Waals surface area contributed by atoms with Crippen LogP contribution in [0.25, 0.3) is 11.3 Å². The first-order valence-electron chi connectivity index (χ1n) is 6.43. The van der Waals surface area contributed by atoms with E-state index in [0.717, 1.165) is 37.2 Å². The van der Waals surface area contributed by atoms with E-state index in [1.807, 2.05) is 23.1 Å². The van der Waals surface area contributed by atoms with Crippen LogP contribution in [0.1, 0.15) is 26.7 Å². The van der Waals surface area contributed by atoms with Crippen molar-refractivity contribution in [3.63, 3.8) is 0 Å². The quantitative estimate of drug-likeness (QED) is 0.849. The van der Waals surface area contributed by atoms with Gasteiger partial charge >= 0.3 is 0 Å². The summed E-state index contributed by atoms with van der Waals surface area (Å²) < 4.78 is 1.94. The first-order chi connectivity index (χ1) is 8.83. The van der Waals surface area contributed by atoms with E-state index in [1.54, 1.807) is 6.20 Å². The van der Waals surface area contributed by atoms with Crippen LogP contribution >= 0.6 is 0 Å². The minimum absolute atomic E-state index is 0.678. The van der Waals surface area contributed by atoms with Gasteiger partial charge < -0.3 is 5.32 Å². The van der Waals surface area contributed by atoms with Gasteiger partial charge in [0.2, 0.25) is 5.95 Å². The Morgan fingerprint density at radius 3 is 2.94 bits per heavy atom. The Labute approximate surface area is 107 Å². The fourth-order valence-corrected chi connectivity index (χ4v) is 1.69. The van der Waals surface area contributed by atoms with Crippen molar-refractivity contribution in [2.45, 2.75) is 33.2 Å². The molecular formula is C13H19N5. The Kier molecular flexibility index (Phi) is 4.28. The first kappa shape index (κ1) is 12.5. The maximum absolute atomic E-state index is 4.48. The third-order valence-corrected chi connectivity index (χ3v) is 2.57. The molecule has 2 rings (SSSR count). The van der Waals surface area contributed by atoms with Gasteiger partial charge in [0.15, 0.2) is 0 Å². The number of aromatic nitrogens is 4. The number of aryl methyl sites for hydroxylation is 1. The third-order valence-electron chi connectivity index (χ3n) is 2.57. The highest BCUT2D eigenvalue weighted by Crippen LogP contribution is 2.16. The Morgan fingerprint density at radius 2 is 2.17 bits per heavy atom. The van der Waals surface area contributed by atoms with Crippen LogP contribution in [0.15, 0.2) is 24.7 Å². The zero-order valence-electron chi connectivity index (χ0n) is 10.9. The van der Waals surface area contributed by atoms with E-state index in [2.05, 4.69) is 34.2 Å². The summed E-state index contributed by atoms with van der Waals surface area (Å²) in [6.45, 7) is 6.08. The lowest BCUT2D eigenvalue weighted by molar-refractivity contribution is 0.603. The second-order valence-electron chi connectivity index (χ2n) is 4.18. The van der Waals surface area contributed by atoms with Gasteiger partial charge in [0.05, 0.1) is 11.9 Å². The van der Waals surface area contributed by atoms with Gasteiger partial charge in [0.1, 0.15) is 0 Å². The Bertz CT molecular complexity index is 492. The summed E-state index contributed by atoms with van der Waals surface area (Å²) in [6.07, 6.45) is 7.78. The zero-order chi connectivity index (χ0) is 12.8. The maximum Gasteiger partial charge on any atom is 0.223 e. The fraction of sp³-hybridized carbons (Fsp3) is 0.462. The molecule has 0 atom stereocenters. The van der Waals surface area contributed by atoms with Gasteiger partial charge in [0, 0.05) is 31.0 Å². The highest BCUT2D eigenvalue weighted by molar-refractivity contribution is 5.57. The Hall–Kier alpha value is -1.91. The SMILES string of the molecule is CCCNc1nccc(-c2cnn(CCC)c2)n1. The lowest BCUT2D eigenvalue weighted by Gasteiger charge is -2.03. The van der Waals surface area contributed by atoms with Gasteiger partial charge in [-0.15, -0.1) is 0 Å². The summed E-state index contributed by atoms with van der Waals surface area (Å²) in [6, 6.07) is 1.91. The average molecular weight is 245 g/mol. The molecule has 0 aliphatic heterocycles. The van der Waals surface area contributed by atoms with E-state index < -0.39 is 0 Å². The second kappa shape index (κ2) is 6.14. The van der Waals surface area contributed by atoms with Crippen molar-refractivity contribution in [1.82, 2.24) is 19.7 Å². The van der Waals surface area contributed by atoms with Crippen molar-refractivity contribution in [3.05, 3.63) is 24.7 Å². The molecule has 96 valence electrons. The van der Waals surface area contributed by atoms with E-state index in [-0.39, 0.29) is 0 Å². The first-order valence-corrected chi connectivity index (χ1v) is 6.43. The van der Waals surface area contributed by atoms with Crippen LogP contribution in [-0.2, 0) is 6.54 Å². The van der Waals surface area contributed by atoms with Crippen LogP contribution in [0.4, 0.5) is 5.95 Å². The van der Waals surface area contributed by atoms with Crippen LogP contribution in [0.5, 0.6) is 0 Å². The van der Waals surface area contributed by atoms with Crippen molar-refractivity contribution >= 4 is 5.95 Å². The molecule has 0 saturated carbocycles. The predicted molar refractivity (Wildman–Crippen MR) is 72.3 cm³/mol. The van der Waals surface area contributed by atoms with Gasteiger partial charge in [-0.3, -0.25) is 4.68 Å². The second-order valence-corrected chi connectivity index (χ2v) is 4.18. The van der Waals surface area contributed by atoms with Crippen molar-refractivity contribution in [2.24, 2.45) is 0 Å². The topological polar surface area (TPSA) is 55.6 Å². The number of nitrogens with zero attached hydrogens (tertiary/aromatic N) is 4. The lowest BCUT2D eigenvalue weighted by atomic mass is 10.2. The molecule has 0 amide bonds. The molecule has 5 heteroatoms. The largest absolute Gasteiger partial charge is 0.354 e. The summed E-state index contributed by atoms with van der Waals surface area (Å²) in [5.74, 6) is 0.678. The molecule has 0 aliphatic carbocycles. The van der Waals surface area contributed by atoms with E-state index in [9.17, 15) is 0 Å². The summed E-state index contributed by atoms with van der Waals surface area (Å²) in [5, 5.41) is 7.50. The number of hydrogen-bond acceptors (Lipinski definition) is 4. The molecular weight excluding hydrogens is 226 g/mol. The molecule has 5 nitrogen and oxygen atoms in total. The molecule has 0 saturated heterocycles. The fourth-order valence-electron chi connectivity index (χ4n) is 1.69. The average Bonchev–Trinajstić information content (AvgIpc) is 2.86. The molecule has 1 N–H and O–H groups in total. The number of hydrogen-bond donors (Lipinski definition) is 1. The van der Waals surface area contributed by atoms with E-state index >= 15 is 0 Å². The minimum Gasteiger partial charge on any atom is -0.354 e. The van der Waals surface area contributed by atoms with Crippen molar-refractivity contribution in [3.8, 4) is 11.3 Å². The molecule has 0 fully saturated rings. The van der Waals surface area contributed by atoms with Crippen LogP contribution < -0.4 is 5.32 Å². The highest BCUT2D eigenvalue weighted by Gasteiger charge is 2.04. The summed E-state index contributed by atoms with van der Waals surface area (Å²) in [4.78, 5) is 8.67. The van der Waals surface area contributed by atoms with Crippen molar-refractivity contribution < 1.29 is 0 Å². The number of rotatable bonds is 6. The monoisotopic (exact) mass is 245 g/mol. The van der Waals surface area contributed by atoms with E-state index in [0.29, 0.717) is 5.95 Å². The summed E-state index contributed by atoms with van der Waals surface area (Å²) in [7, 11) is 0. The molecule has 0 aromatic carbocycles. The van der Waals surface area contributed by atoms with Gasteiger partial charge in [-0.05, 0) is 18.9 Å². The minimum atomic E-state index is 0.678. The van der Waals surface area contributed by atoms with E-state index in [4.69, 9.17) is 0 Å². The van der Waals surface area contributed by atoms with Crippen LogP contribution in [0, 0.1) is 0 Å². The van der Waals surface area contributed by atoms with Gasteiger partial charge in [-0.2, -0.15) is 5.10 Å². The Morgan fingerprint density at radius 1 is 1.28 bits per heavy atom. The van der Waals surface area contributed by atoms with Gasteiger partial charge in [0.25, 0.3) is 0 Å². The molecule has 0 radical (unpaired) electrons. The molecule has 0 spiro atoms. The molecule has 18 heavy (non-hydrogen) atoms. The Balaban J connectivity index is 2.15. The predicted octanol–water partition coefficient (Wildman–Crippen LogP) is 2.57. The molecule has 2 heterocycles. The maximum atomic E-state index is 4.48. The molecule has 0 unspecified atom stereocenters.